The minimum absolute atomic E-state index is 0.0588. The first-order chi connectivity index (χ1) is 15.6. The van der Waals surface area contributed by atoms with Crippen LogP contribution in [0.15, 0.2) is 60.3 Å². The average Bonchev–Trinajstić information content (AvgIpc) is 3.35. The third-order valence-corrected chi connectivity index (χ3v) is 5.57. The zero-order valence-corrected chi connectivity index (χ0v) is 18.1. The van der Waals surface area contributed by atoms with Gasteiger partial charge in [-0.2, -0.15) is 0 Å². The van der Waals surface area contributed by atoms with Crippen LogP contribution in [0.2, 0.25) is 0 Å². The number of nitrogens with one attached hydrogen (secondary N) is 1. The van der Waals surface area contributed by atoms with Crippen molar-refractivity contribution in [3.63, 3.8) is 0 Å². The molecule has 0 bridgehead atoms. The number of aliphatic hydroxyl groups is 1. The van der Waals surface area contributed by atoms with Gasteiger partial charge in [0.2, 0.25) is 0 Å². The Hall–Kier alpha value is -3.58. The van der Waals surface area contributed by atoms with Gasteiger partial charge in [0, 0.05) is 41.9 Å². The van der Waals surface area contributed by atoms with Crippen LogP contribution in [0.5, 0.6) is 5.75 Å². The van der Waals surface area contributed by atoms with Crippen LogP contribution >= 0.6 is 0 Å². The summed E-state index contributed by atoms with van der Waals surface area (Å²) < 4.78 is 10.8. The maximum Gasteiger partial charge on any atom is 0.295 e. The number of ketones is 1. The first kappa shape index (κ1) is 21.6. The van der Waals surface area contributed by atoms with Gasteiger partial charge in [0.1, 0.15) is 11.5 Å². The molecule has 0 spiro atoms. The van der Waals surface area contributed by atoms with Crippen molar-refractivity contribution in [3.05, 3.63) is 71.4 Å². The highest BCUT2D eigenvalue weighted by molar-refractivity contribution is 6.46. The van der Waals surface area contributed by atoms with Crippen LogP contribution in [0.25, 0.3) is 16.7 Å². The SMILES string of the molecule is CCCOc1cccc(/C(O)=C2\C(=O)C(=O)N(CCOC)C2c2c[nH]c3ccccc23)c1. The Labute approximate surface area is 186 Å². The van der Waals surface area contributed by atoms with Crippen molar-refractivity contribution in [3.8, 4) is 5.75 Å². The van der Waals surface area contributed by atoms with Crippen LogP contribution in [0.4, 0.5) is 0 Å². The van der Waals surface area contributed by atoms with Gasteiger partial charge < -0.3 is 24.5 Å². The highest BCUT2D eigenvalue weighted by atomic mass is 16.5. The minimum Gasteiger partial charge on any atom is -0.507 e. The molecular formula is C25H26N2O5. The second-order valence-corrected chi connectivity index (χ2v) is 7.65. The summed E-state index contributed by atoms with van der Waals surface area (Å²) in [5.41, 5.74) is 2.11. The summed E-state index contributed by atoms with van der Waals surface area (Å²) >= 11 is 0. The molecule has 1 aliphatic heterocycles. The molecule has 2 N–H and O–H groups in total. The number of para-hydroxylation sites is 1. The largest absolute Gasteiger partial charge is 0.507 e. The van der Waals surface area contributed by atoms with Crippen LogP contribution in [-0.2, 0) is 14.3 Å². The predicted octanol–water partition coefficient (Wildman–Crippen LogP) is 4.02. The molecule has 32 heavy (non-hydrogen) atoms. The van der Waals surface area contributed by atoms with E-state index in [0.717, 1.165) is 22.9 Å². The van der Waals surface area contributed by atoms with Crippen molar-refractivity contribution in [2.75, 3.05) is 26.9 Å². The molecule has 1 unspecified atom stereocenters. The Balaban J connectivity index is 1.86. The van der Waals surface area contributed by atoms with E-state index in [1.165, 1.54) is 4.90 Å². The van der Waals surface area contributed by atoms with E-state index in [4.69, 9.17) is 9.47 Å². The predicted molar refractivity (Wildman–Crippen MR) is 121 cm³/mol. The van der Waals surface area contributed by atoms with Gasteiger partial charge in [-0.15, -0.1) is 0 Å². The van der Waals surface area contributed by atoms with Gasteiger partial charge in [-0.05, 0) is 24.6 Å². The highest BCUT2D eigenvalue weighted by Crippen LogP contribution is 2.42. The molecule has 1 aliphatic rings. The normalized spacial score (nSPS) is 17.9. The second-order valence-electron chi connectivity index (χ2n) is 7.65. The van der Waals surface area contributed by atoms with Gasteiger partial charge >= 0.3 is 0 Å². The van der Waals surface area contributed by atoms with Gasteiger partial charge in [0.05, 0.1) is 24.8 Å². The summed E-state index contributed by atoms with van der Waals surface area (Å²) in [6, 6.07) is 13.8. The molecule has 1 saturated heterocycles. The van der Waals surface area contributed by atoms with Crippen LogP contribution < -0.4 is 4.74 Å². The molecule has 4 rings (SSSR count). The summed E-state index contributed by atoms with van der Waals surface area (Å²) in [6.45, 7) is 3.04. The fourth-order valence-corrected chi connectivity index (χ4v) is 4.05. The molecule has 3 aromatic rings. The fourth-order valence-electron chi connectivity index (χ4n) is 4.05. The average molecular weight is 434 g/mol. The fraction of sp³-hybridized carbons (Fsp3) is 0.280. The van der Waals surface area contributed by atoms with Crippen molar-refractivity contribution < 1.29 is 24.2 Å². The quantitative estimate of drug-likeness (QED) is 0.317. The van der Waals surface area contributed by atoms with E-state index in [2.05, 4.69) is 4.98 Å². The molecular weight excluding hydrogens is 408 g/mol. The number of ether oxygens (including phenoxy) is 2. The number of amides is 1. The summed E-state index contributed by atoms with van der Waals surface area (Å²) in [6.07, 6.45) is 2.64. The summed E-state index contributed by atoms with van der Waals surface area (Å²) in [7, 11) is 1.54. The number of Topliss-reactive ketones (excluding diaryl/α,β-unsaturated/α-hetero) is 1. The van der Waals surface area contributed by atoms with Crippen molar-refractivity contribution in [2.24, 2.45) is 0 Å². The monoisotopic (exact) mass is 434 g/mol. The van der Waals surface area contributed by atoms with Gasteiger partial charge in [-0.3, -0.25) is 9.59 Å². The Bertz CT molecular complexity index is 1180. The molecule has 7 nitrogen and oxygen atoms in total. The van der Waals surface area contributed by atoms with Crippen molar-refractivity contribution in [1.29, 1.82) is 0 Å². The first-order valence-electron chi connectivity index (χ1n) is 10.6. The van der Waals surface area contributed by atoms with Crippen molar-refractivity contribution in [1.82, 2.24) is 9.88 Å². The van der Waals surface area contributed by atoms with E-state index in [1.54, 1.807) is 37.6 Å². The molecule has 1 aromatic heterocycles. The Morgan fingerprint density at radius 1 is 1.12 bits per heavy atom. The standard InChI is InChI=1S/C25H26N2O5/c1-3-12-32-17-8-6-7-16(14-17)23(28)21-22(27(11-13-31-2)25(30)24(21)29)19-15-26-20-10-5-4-9-18(19)20/h4-10,14-15,22,26,28H,3,11-13H2,1-2H3/b23-21+. The molecule has 166 valence electrons. The van der Waals surface area contributed by atoms with Gasteiger partial charge in [-0.25, -0.2) is 0 Å². The number of aromatic nitrogens is 1. The number of carbonyl (C=O) groups is 2. The lowest BCUT2D eigenvalue weighted by Crippen LogP contribution is -2.32. The van der Waals surface area contributed by atoms with Crippen LogP contribution in [0.3, 0.4) is 0 Å². The smallest absolute Gasteiger partial charge is 0.295 e. The van der Waals surface area contributed by atoms with E-state index < -0.39 is 17.7 Å². The number of H-pyrrole nitrogens is 1. The lowest BCUT2D eigenvalue weighted by molar-refractivity contribution is -0.140. The third kappa shape index (κ3) is 3.87. The highest BCUT2D eigenvalue weighted by Gasteiger charge is 2.46. The number of carbonyl (C=O) groups excluding carboxylic acids is 2. The molecule has 7 heteroatoms. The molecule has 1 amide bonds. The number of hydrogen-bond acceptors (Lipinski definition) is 5. The Morgan fingerprint density at radius 2 is 1.94 bits per heavy atom. The zero-order chi connectivity index (χ0) is 22.7. The third-order valence-electron chi connectivity index (χ3n) is 5.57. The number of aliphatic hydroxyl groups excluding tert-OH is 1. The zero-order valence-electron chi connectivity index (χ0n) is 18.1. The molecule has 2 heterocycles. The number of rotatable bonds is 8. The van der Waals surface area contributed by atoms with E-state index >= 15 is 0 Å². The number of hydrogen-bond donors (Lipinski definition) is 2. The maximum absolute atomic E-state index is 13.1. The number of benzene rings is 2. The summed E-state index contributed by atoms with van der Waals surface area (Å²) in [5.74, 6) is -1.00. The Kier molecular flexibility index (Phi) is 6.28. The number of aromatic amines is 1. The van der Waals surface area contributed by atoms with Crippen LogP contribution in [0, 0.1) is 0 Å². The van der Waals surface area contributed by atoms with Crippen molar-refractivity contribution >= 4 is 28.4 Å². The van der Waals surface area contributed by atoms with Gasteiger partial charge in [0.15, 0.2) is 0 Å². The molecule has 1 atom stereocenters. The number of nitrogens with zero attached hydrogens (tertiary/aromatic N) is 1. The van der Waals surface area contributed by atoms with Gasteiger partial charge in [0.25, 0.3) is 11.7 Å². The summed E-state index contributed by atoms with van der Waals surface area (Å²) in [5, 5.41) is 12.1. The molecule has 0 saturated carbocycles. The van der Waals surface area contributed by atoms with Crippen molar-refractivity contribution in [2.45, 2.75) is 19.4 Å². The molecule has 0 aliphatic carbocycles. The van der Waals surface area contributed by atoms with E-state index in [9.17, 15) is 14.7 Å². The summed E-state index contributed by atoms with van der Waals surface area (Å²) in [4.78, 5) is 30.7. The molecule has 0 radical (unpaired) electrons. The lowest BCUT2D eigenvalue weighted by atomic mass is 9.95. The van der Waals surface area contributed by atoms with Crippen LogP contribution in [-0.4, -0.2) is 53.5 Å². The van der Waals surface area contributed by atoms with Crippen LogP contribution in [0.1, 0.15) is 30.5 Å². The minimum atomic E-state index is -0.735. The Morgan fingerprint density at radius 3 is 2.72 bits per heavy atom. The first-order valence-corrected chi connectivity index (χ1v) is 10.6. The second kappa shape index (κ2) is 9.28. The van der Waals surface area contributed by atoms with E-state index in [-0.39, 0.29) is 24.5 Å². The lowest BCUT2D eigenvalue weighted by Gasteiger charge is -2.24. The number of methoxy groups -OCH3 is 1. The van der Waals surface area contributed by atoms with E-state index in [1.807, 2.05) is 31.2 Å². The molecule has 2 aromatic carbocycles. The maximum atomic E-state index is 13.1. The van der Waals surface area contributed by atoms with E-state index in [0.29, 0.717) is 17.9 Å². The number of fused-ring (bicyclic) bond motifs is 1. The molecule has 1 fully saturated rings. The topological polar surface area (TPSA) is 91.9 Å². The number of likely N-dealkylation sites (tertiary alicyclic amines) is 1. The van der Waals surface area contributed by atoms with Gasteiger partial charge in [-0.1, -0.05) is 37.3 Å².